The van der Waals surface area contributed by atoms with Crippen molar-refractivity contribution in [2.45, 2.75) is 26.6 Å². The Bertz CT molecular complexity index is 1320. The van der Waals surface area contributed by atoms with E-state index < -0.39 is 32.7 Å². The predicted molar refractivity (Wildman–Crippen MR) is 128 cm³/mol. The van der Waals surface area contributed by atoms with Gasteiger partial charge in [-0.25, -0.2) is 8.42 Å². The van der Waals surface area contributed by atoms with E-state index in [4.69, 9.17) is 11.6 Å². The minimum atomic E-state index is -4.65. The number of sulfonamides is 1. The largest absolute Gasteiger partial charge is 0.417 e. The quantitative estimate of drug-likeness (QED) is 0.429. The second-order valence-corrected chi connectivity index (χ2v) is 10.2. The second kappa shape index (κ2) is 9.68. The lowest BCUT2D eigenvalue weighted by Crippen LogP contribution is -2.30. The van der Waals surface area contributed by atoms with Gasteiger partial charge < -0.3 is 5.32 Å². The summed E-state index contributed by atoms with van der Waals surface area (Å²) in [6, 6.07) is 14.8. The Morgan fingerprint density at radius 2 is 1.65 bits per heavy atom. The summed E-state index contributed by atoms with van der Waals surface area (Å²) in [5.41, 5.74) is 2.01. The fourth-order valence-electron chi connectivity index (χ4n) is 3.32. The smallest absolute Gasteiger partial charge is 0.322 e. The maximum absolute atomic E-state index is 13.0. The molecule has 180 valence electrons. The van der Waals surface area contributed by atoms with Crippen LogP contribution in [0, 0.1) is 13.8 Å². The summed E-state index contributed by atoms with van der Waals surface area (Å²) in [5.74, 6) is -0.614. The zero-order chi connectivity index (χ0) is 25.3. The Morgan fingerprint density at radius 3 is 2.24 bits per heavy atom. The van der Waals surface area contributed by atoms with Gasteiger partial charge in [0.2, 0.25) is 10.0 Å². The molecule has 0 bridgehead atoms. The molecule has 3 aromatic carbocycles. The molecule has 1 N–H and O–H groups in total. The van der Waals surface area contributed by atoms with Gasteiger partial charge in [-0.2, -0.15) is 13.2 Å². The lowest BCUT2D eigenvalue weighted by atomic mass is 10.1. The number of aryl methyl sites for hydroxylation is 2. The van der Waals surface area contributed by atoms with Crippen molar-refractivity contribution in [3.8, 4) is 0 Å². The van der Waals surface area contributed by atoms with Gasteiger partial charge in [-0.05, 0) is 66.9 Å². The normalized spacial score (nSPS) is 11.9. The van der Waals surface area contributed by atoms with E-state index in [-0.39, 0.29) is 17.8 Å². The van der Waals surface area contributed by atoms with Crippen LogP contribution in [0.1, 0.15) is 32.6 Å². The average Bonchev–Trinajstić information content (AvgIpc) is 2.74. The number of rotatable bonds is 6. The summed E-state index contributed by atoms with van der Waals surface area (Å²) in [6.07, 6.45) is -3.53. The van der Waals surface area contributed by atoms with Gasteiger partial charge in [0.25, 0.3) is 5.91 Å². The van der Waals surface area contributed by atoms with E-state index in [1.165, 1.54) is 22.5 Å². The van der Waals surface area contributed by atoms with Gasteiger partial charge in [0.15, 0.2) is 0 Å². The highest BCUT2D eigenvalue weighted by atomic mass is 35.5. The monoisotopic (exact) mass is 510 g/mol. The first-order chi connectivity index (χ1) is 15.8. The summed E-state index contributed by atoms with van der Waals surface area (Å²) in [5, 5.41) is 1.95. The van der Waals surface area contributed by atoms with Crippen LogP contribution in [0.4, 0.5) is 24.5 Å². The van der Waals surface area contributed by atoms with Crippen LogP contribution < -0.4 is 9.62 Å². The molecule has 0 unspecified atom stereocenters. The zero-order valence-electron chi connectivity index (χ0n) is 18.6. The summed E-state index contributed by atoms with van der Waals surface area (Å²) >= 11 is 5.61. The fraction of sp³-hybridized carbons (Fsp3) is 0.208. The molecule has 10 heteroatoms. The molecule has 0 aliphatic heterocycles. The minimum Gasteiger partial charge on any atom is -0.322 e. The third-order valence-corrected chi connectivity index (χ3v) is 6.56. The molecule has 1 amide bonds. The molecule has 0 fully saturated rings. The van der Waals surface area contributed by atoms with E-state index in [0.29, 0.717) is 11.3 Å². The van der Waals surface area contributed by atoms with Gasteiger partial charge in [-0.1, -0.05) is 35.9 Å². The number of hydrogen-bond donors (Lipinski definition) is 1. The van der Waals surface area contributed by atoms with E-state index in [2.05, 4.69) is 5.32 Å². The number of carbonyl (C=O) groups excluding carboxylic acids is 1. The average molecular weight is 511 g/mol. The molecule has 3 rings (SSSR count). The number of nitrogens with zero attached hydrogens (tertiary/aromatic N) is 1. The third kappa shape index (κ3) is 6.09. The first-order valence-corrected chi connectivity index (χ1v) is 12.3. The summed E-state index contributed by atoms with van der Waals surface area (Å²) in [6.45, 7) is 3.74. The number of anilines is 2. The van der Waals surface area contributed by atoms with Gasteiger partial charge in [-0.15, -0.1) is 0 Å². The number of hydrogen-bond acceptors (Lipinski definition) is 3. The van der Waals surface area contributed by atoms with E-state index in [9.17, 15) is 26.4 Å². The van der Waals surface area contributed by atoms with Crippen molar-refractivity contribution in [2.75, 3.05) is 15.9 Å². The van der Waals surface area contributed by atoms with Crippen LogP contribution in [0.5, 0.6) is 0 Å². The number of amides is 1. The molecule has 34 heavy (non-hydrogen) atoms. The molecule has 3 aromatic rings. The lowest BCUT2D eigenvalue weighted by Gasteiger charge is -2.25. The Morgan fingerprint density at radius 1 is 1.00 bits per heavy atom. The maximum Gasteiger partial charge on any atom is 0.417 e. The number of alkyl halides is 3. The first kappa shape index (κ1) is 25.6. The standard InChI is InChI=1S/C24H22ClF3N2O3S/c1-15-4-5-16(2)22(12-15)30(34(3,32)33)14-17-6-8-18(9-7-17)23(31)29-19-10-11-21(25)20(13-19)24(26,27)28/h4-13H,14H2,1-3H3,(H,29,31). The van der Waals surface area contributed by atoms with Crippen molar-refractivity contribution in [3.05, 3.63) is 93.5 Å². The van der Waals surface area contributed by atoms with Crippen molar-refractivity contribution in [1.82, 2.24) is 0 Å². The van der Waals surface area contributed by atoms with Crippen LogP contribution in [0.25, 0.3) is 0 Å². The van der Waals surface area contributed by atoms with Crippen LogP contribution >= 0.6 is 11.6 Å². The highest BCUT2D eigenvalue weighted by molar-refractivity contribution is 7.92. The Hall–Kier alpha value is -3.04. The highest BCUT2D eigenvalue weighted by Gasteiger charge is 2.33. The number of nitrogens with one attached hydrogen (secondary N) is 1. The molecule has 0 aliphatic carbocycles. The van der Waals surface area contributed by atoms with E-state index in [1.54, 1.807) is 18.2 Å². The van der Waals surface area contributed by atoms with Crippen LogP contribution in [0.3, 0.4) is 0 Å². The summed E-state index contributed by atoms with van der Waals surface area (Å²) in [7, 11) is -3.59. The second-order valence-electron chi connectivity index (χ2n) is 7.90. The SMILES string of the molecule is Cc1ccc(C)c(N(Cc2ccc(C(=O)Nc3ccc(Cl)c(C(F)(F)F)c3)cc2)S(C)(=O)=O)c1. The number of benzene rings is 3. The van der Waals surface area contributed by atoms with Crippen molar-refractivity contribution < 1.29 is 26.4 Å². The molecule has 0 saturated heterocycles. The van der Waals surface area contributed by atoms with Gasteiger partial charge >= 0.3 is 6.18 Å². The van der Waals surface area contributed by atoms with E-state index in [0.717, 1.165) is 29.5 Å². The van der Waals surface area contributed by atoms with Crippen molar-refractivity contribution >= 4 is 38.9 Å². The molecule has 0 spiro atoms. The topological polar surface area (TPSA) is 66.5 Å². The van der Waals surface area contributed by atoms with Crippen molar-refractivity contribution in [2.24, 2.45) is 0 Å². The van der Waals surface area contributed by atoms with Crippen LogP contribution in [-0.4, -0.2) is 20.6 Å². The van der Waals surface area contributed by atoms with Gasteiger partial charge in [-0.3, -0.25) is 9.10 Å². The Labute approximate surface area is 201 Å². The third-order valence-electron chi connectivity index (χ3n) is 5.11. The van der Waals surface area contributed by atoms with E-state index >= 15 is 0 Å². The first-order valence-electron chi connectivity index (χ1n) is 10.1. The highest BCUT2D eigenvalue weighted by Crippen LogP contribution is 2.36. The molecule has 0 saturated carbocycles. The molecule has 5 nitrogen and oxygen atoms in total. The minimum absolute atomic E-state index is 0.0519. The van der Waals surface area contributed by atoms with Crippen molar-refractivity contribution in [3.63, 3.8) is 0 Å². The molecular weight excluding hydrogens is 489 g/mol. The van der Waals surface area contributed by atoms with Gasteiger partial charge in [0, 0.05) is 11.3 Å². The molecule has 0 atom stereocenters. The van der Waals surface area contributed by atoms with Crippen LogP contribution in [-0.2, 0) is 22.7 Å². The maximum atomic E-state index is 13.0. The molecule has 0 heterocycles. The van der Waals surface area contributed by atoms with Gasteiger partial charge in [0.1, 0.15) is 0 Å². The molecule has 0 aromatic heterocycles. The summed E-state index contributed by atoms with van der Waals surface area (Å²) in [4.78, 5) is 12.5. The molecule has 0 aliphatic rings. The molecular formula is C24H22ClF3N2O3S. The van der Waals surface area contributed by atoms with Crippen molar-refractivity contribution in [1.29, 1.82) is 0 Å². The predicted octanol–water partition coefficient (Wildman–Crippen LogP) is 6.19. The lowest BCUT2D eigenvalue weighted by molar-refractivity contribution is -0.137. The Kier molecular flexibility index (Phi) is 7.28. The number of halogens is 4. The van der Waals surface area contributed by atoms with E-state index in [1.807, 2.05) is 26.0 Å². The Balaban J connectivity index is 1.80. The fourth-order valence-corrected chi connectivity index (χ4v) is 4.48. The zero-order valence-corrected chi connectivity index (χ0v) is 20.1. The van der Waals surface area contributed by atoms with Crippen LogP contribution in [0.15, 0.2) is 60.7 Å². The van der Waals surface area contributed by atoms with Crippen LogP contribution in [0.2, 0.25) is 5.02 Å². The van der Waals surface area contributed by atoms with Gasteiger partial charge in [0.05, 0.1) is 29.1 Å². The molecule has 0 radical (unpaired) electrons. The summed E-state index contributed by atoms with van der Waals surface area (Å²) < 4.78 is 65.4. The number of carbonyl (C=O) groups is 1.